The van der Waals surface area contributed by atoms with E-state index >= 15 is 0 Å². The summed E-state index contributed by atoms with van der Waals surface area (Å²) in [7, 11) is 0. The monoisotopic (exact) mass is 403 g/mol. The van der Waals surface area contributed by atoms with Crippen LogP contribution in [-0.2, 0) is 4.79 Å². The van der Waals surface area contributed by atoms with E-state index in [1.807, 2.05) is 4.90 Å². The summed E-state index contributed by atoms with van der Waals surface area (Å²) in [5.74, 6) is -0.0734. The number of hydrogen-bond acceptors (Lipinski definition) is 3. The molecule has 0 unspecified atom stereocenters. The molecule has 1 aliphatic rings. The third kappa shape index (κ3) is 5.23. The molecule has 3 rings (SSSR count). The van der Waals surface area contributed by atoms with Crippen LogP contribution in [0.3, 0.4) is 0 Å². The second-order valence-electron chi connectivity index (χ2n) is 7.08. The zero-order chi connectivity index (χ0) is 20.1. The highest BCUT2D eigenvalue weighted by Gasteiger charge is 2.21. The van der Waals surface area contributed by atoms with Crippen molar-refractivity contribution in [2.75, 3.05) is 30.3 Å². The Morgan fingerprint density at radius 1 is 1.11 bits per heavy atom. The first-order valence-corrected chi connectivity index (χ1v) is 9.68. The third-order valence-electron chi connectivity index (χ3n) is 4.86. The van der Waals surface area contributed by atoms with Crippen molar-refractivity contribution in [1.29, 1.82) is 0 Å². The molecule has 1 aliphatic heterocycles. The summed E-state index contributed by atoms with van der Waals surface area (Å²) in [6.45, 7) is 3.79. The van der Waals surface area contributed by atoms with Crippen molar-refractivity contribution in [2.45, 2.75) is 19.8 Å². The molecule has 28 heavy (non-hydrogen) atoms. The van der Waals surface area contributed by atoms with Crippen LogP contribution in [0, 0.1) is 11.7 Å². The number of likely N-dealkylation sites (tertiary alicyclic amines) is 1. The van der Waals surface area contributed by atoms with E-state index in [0.717, 1.165) is 25.9 Å². The molecule has 1 fully saturated rings. The highest BCUT2D eigenvalue weighted by molar-refractivity contribution is 6.31. The van der Waals surface area contributed by atoms with Crippen molar-refractivity contribution in [3.63, 3.8) is 0 Å². The van der Waals surface area contributed by atoms with Crippen LogP contribution in [0.1, 0.15) is 30.1 Å². The fourth-order valence-electron chi connectivity index (χ4n) is 3.08. The van der Waals surface area contributed by atoms with E-state index in [1.165, 1.54) is 18.2 Å². The zero-order valence-electron chi connectivity index (χ0n) is 15.7. The lowest BCUT2D eigenvalue weighted by atomic mass is 9.98. The molecule has 2 aromatic rings. The zero-order valence-corrected chi connectivity index (χ0v) is 16.4. The molecular formula is C21H23ClFN3O2. The van der Waals surface area contributed by atoms with Gasteiger partial charge in [0.05, 0.1) is 11.6 Å². The number of piperidine rings is 1. The quantitative estimate of drug-likeness (QED) is 0.777. The van der Waals surface area contributed by atoms with E-state index in [-0.39, 0.29) is 23.4 Å². The molecule has 0 saturated carbocycles. The van der Waals surface area contributed by atoms with Crippen LogP contribution in [0.15, 0.2) is 42.5 Å². The Labute approximate surface area is 168 Å². The fraction of sp³-hybridized carbons (Fsp3) is 0.333. The largest absolute Gasteiger partial charge is 0.376 e. The van der Waals surface area contributed by atoms with Crippen molar-refractivity contribution in [3.05, 3.63) is 58.9 Å². The maximum atomic E-state index is 13.1. The molecular weight excluding hydrogens is 381 g/mol. The predicted molar refractivity (Wildman–Crippen MR) is 109 cm³/mol. The van der Waals surface area contributed by atoms with Gasteiger partial charge in [0.15, 0.2) is 0 Å². The molecule has 1 saturated heterocycles. The number of rotatable bonds is 5. The number of carbonyl (C=O) groups excluding carboxylic acids is 2. The highest BCUT2D eigenvalue weighted by atomic mass is 35.5. The van der Waals surface area contributed by atoms with Gasteiger partial charge in [0.1, 0.15) is 5.82 Å². The Balaban J connectivity index is 1.51. The summed E-state index contributed by atoms with van der Waals surface area (Å²) in [6.07, 6.45) is 2.07. The van der Waals surface area contributed by atoms with Gasteiger partial charge in [0.2, 0.25) is 5.91 Å². The van der Waals surface area contributed by atoms with Crippen LogP contribution in [0.2, 0.25) is 5.02 Å². The number of halogens is 2. The molecule has 7 heteroatoms. The van der Waals surface area contributed by atoms with Gasteiger partial charge in [0, 0.05) is 30.0 Å². The van der Waals surface area contributed by atoms with Gasteiger partial charge in [-0.25, -0.2) is 4.39 Å². The lowest BCUT2D eigenvalue weighted by Gasteiger charge is -2.30. The van der Waals surface area contributed by atoms with E-state index in [2.05, 4.69) is 17.6 Å². The SMILES string of the molecule is CC1CCN(C(=O)c2ccc(NC(=O)CNc3ccc(F)c(Cl)c3)cc2)CC1. The number of anilines is 2. The molecule has 0 spiro atoms. The first kappa shape index (κ1) is 20.1. The normalized spacial score (nSPS) is 14.6. The van der Waals surface area contributed by atoms with E-state index in [9.17, 15) is 14.0 Å². The minimum Gasteiger partial charge on any atom is -0.376 e. The van der Waals surface area contributed by atoms with Crippen LogP contribution >= 0.6 is 11.6 Å². The standard InChI is InChI=1S/C21H23ClFN3O2/c1-14-8-10-26(11-9-14)21(28)15-2-4-16(5-3-15)25-20(27)13-24-17-6-7-19(23)18(22)12-17/h2-7,12,14,24H,8-11,13H2,1H3,(H,25,27). The van der Waals surface area contributed by atoms with Crippen molar-refractivity contribution >= 4 is 34.8 Å². The average Bonchev–Trinajstić information content (AvgIpc) is 2.69. The minimum absolute atomic E-state index is 0.00572. The second kappa shape index (κ2) is 9.06. The van der Waals surface area contributed by atoms with Crippen LogP contribution in [0.5, 0.6) is 0 Å². The molecule has 0 atom stereocenters. The molecule has 2 N–H and O–H groups in total. The molecule has 2 aromatic carbocycles. The van der Waals surface area contributed by atoms with Gasteiger partial charge >= 0.3 is 0 Å². The average molecular weight is 404 g/mol. The molecule has 0 radical (unpaired) electrons. The predicted octanol–water partition coefficient (Wildman–Crippen LogP) is 4.40. The number of benzene rings is 2. The van der Waals surface area contributed by atoms with Crippen molar-refractivity contribution in [3.8, 4) is 0 Å². The van der Waals surface area contributed by atoms with Crippen LogP contribution in [0.4, 0.5) is 15.8 Å². The first-order valence-electron chi connectivity index (χ1n) is 9.30. The molecule has 0 aliphatic carbocycles. The van der Waals surface area contributed by atoms with Crippen molar-refractivity contribution in [2.24, 2.45) is 5.92 Å². The van der Waals surface area contributed by atoms with Gasteiger partial charge in [0.25, 0.3) is 5.91 Å². The molecule has 0 aromatic heterocycles. The summed E-state index contributed by atoms with van der Waals surface area (Å²) < 4.78 is 13.1. The van der Waals surface area contributed by atoms with Gasteiger partial charge in [-0.1, -0.05) is 18.5 Å². The second-order valence-corrected chi connectivity index (χ2v) is 7.49. The number of hydrogen-bond donors (Lipinski definition) is 2. The lowest BCUT2D eigenvalue weighted by molar-refractivity contribution is -0.114. The van der Waals surface area contributed by atoms with Crippen molar-refractivity contribution < 1.29 is 14.0 Å². The van der Waals surface area contributed by atoms with Gasteiger partial charge in [-0.3, -0.25) is 9.59 Å². The third-order valence-corrected chi connectivity index (χ3v) is 5.15. The highest BCUT2D eigenvalue weighted by Crippen LogP contribution is 2.20. The maximum absolute atomic E-state index is 13.1. The summed E-state index contributed by atoms with van der Waals surface area (Å²) in [5, 5.41) is 5.64. The Morgan fingerprint density at radius 2 is 1.75 bits per heavy atom. The molecule has 1 heterocycles. The number of nitrogens with one attached hydrogen (secondary N) is 2. The topological polar surface area (TPSA) is 61.4 Å². The Morgan fingerprint density at radius 3 is 2.39 bits per heavy atom. The molecule has 0 bridgehead atoms. The molecule has 2 amide bonds. The minimum atomic E-state index is -0.509. The van der Waals surface area contributed by atoms with Crippen LogP contribution < -0.4 is 10.6 Å². The summed E-state index contributed by atoms with van der Waals surface area (Å²) in [5.41, 5.74) is 1.78. The summed E-state index contributed by atoms with van der Waals surface area (Å²) in [4.78, 5) is 26.5. The number of carbonyl (C=O) groups is 2. The van der Waals surface area contributed by atoms with Gasteiger partial charge in [-0.15, -0.1) is 0 Å². The number of amides is 2. The first-order chi connectivity index (χ1) is 13.4. The maximum Gasteiger partial charge on any atom is 0.253 e. The van der Waals surface area contributed by atoms with Gasteiger partial charge in [-0.05, 0) is 61.2 Å². The van der Waals surface area contributed by atoms with Gasteiger partial charge in [-0.2, -0.15) is 0 Å². The van der Waals surface area contributed by atoms with E-state index in [0.29, 0.717) is 22.9 Å². The summed E-state index contributed by atoms with van der Waals surface area (Å²) in [6, 6.07) is 11.1. The Kier molecular flexibility index (Phi) is 6.52. The van der Waals surface area contributed by atoms with E-state index < -0.39 is 5.82 Å². The fourth-order valence-corrected chi connectivity index (χ4v) is 3.26. The Hall–Kier alpha value is -2.60. The van der Waals surface area contributed by atoms with Crippen LogP contribution in [0.25, 0.3) is 0 Å². The van der Waals surface area contributed by atoms with Crippen LogP contribution in [-0.4, -0.2) is 36.3 Å². The lowest BCUT2D eigenvalue weighted by Crippen LogP contribution is -2.37. The van der Waals surface area contributed by atoms with E-state index in [1.54, 1.807) is 24.3 Å². The smallest absolute Gasteiger partial charge is 0.253 e. The summed E-state index contributed by atoms with van der Waals surface area (Å²) >= 11 is 5.72. The number of nitrogens with zero attached hydrogens (tertiary/aromatic N) is 1. The Bertz CT molecular complexity index is 849. The molecule has 148 valence electrons. The van der Waals surface area contributed by atoms with E-state index in [4.69, 9.17) is 11.6 Å². The van der Waals surface area contributed by atoms with Crippen molar-refractivity contribution in [1.82, 2.24) is 4.90 Å². The molecule has 5 nitrogen and oxygen atoms in total. The van der Waals surface area contributed by atoms with Gasteiger partial charge < -0.3 is 15.5 Å².